The van der Waals surface area contributed by atoms with Gasteiger partial charge in [-0.05, 0) is 56.2 Å². The number of imidazole rings is 1. The number of nitriles is 1. The van der Waals surface area contributed by atoms with Crippen LogP contribution in [0.5, 0.6) is 0 Å². The van der Waals surface area contributed by atoms with E-state index in [2.05, 4.69) is 15.3 Å². The number of nitrogens with zero attached hydrogens (tertiary/aromatic N) is 2. The van der Waals surface area contributed by atoms with E-state index in [-0.39, 0.29) is 23.0 Å². The van der Waals surface area contributed by atoms with Gasteiger partial charge in [0.25, 0.3) is 0 Å². The molecule has 0 unspecified atom stereocenters. The van der Waals surface area contributed by atoms with Gasteiger partial charge in [-0.25, -0.2) is 9.78 Å². The molecule has 35 heavy (non-hydrogen) atoms. The van der Waals surface area contributed by atoms with Gasteiger partial charge in [0.15, 0.2) is 0 Å². The predicted molar refractivity (Wildman–Crippen MR) is 131 cm³/mol. The van der Waals surface area contributed by atoms with E-state index >= 15 is 0 Å². The number of aromatic amines is 1. The largest absolute Gasteiger partial charge is 0.478 e. The summed E-state index contributed by atoms with van der Waals surface area (Å²) in [6.07, 6.45) is 5.75. The molecule has 0 aliphatic heterocycles. The minimum absolute atomic E-state index is 0.00458. The van der Waals surface area contributed by atoms with E-state index in [0.717, 1.165) is 31.2 Å². The standard InChI is InChI=1S/C27H29N5O3/c28-14-18-9-11-19(12-10-18)26(33)32-23(13-17-5-2-1-3-6-17)25-30-16-24(31-25)20-7-4-8-21(27(34)35)22(20)15-29/h1-8,16,18-19,23H,9-14,28H2,(H,30,31)(H,32,33)(H,34,35)/t18-,19-,23-/m0/s1. The first-order valence-corrected chi connectivity index (χ1v) is 11.9. The van der Waals surface area contributed by atoms with Crippen LogP contribution in [0, 0.1) is 23.2 Å². The second kappa shape index (κ2) is 11.0. The third kappa shape index (κ3) is 5.58. The number of aromatic carboxylic acids is 1. The molecule has 2 aromatic carbocycles. The summed E-state index contributed by atoms with van der Waals surface area (Å²) in [5.74, 6) is -0.175. The first-order chi connectivity index (χ1) is 17.0. The molecule has 1 aromatic heterocycles. The van der Waals surface area contributed by atoms with Gasteiger partial charge in [-0.1, -0.05) is 42.5 Å². The van der Waals surface area contributed by atoms with Crippen LogP contribution in [-0.4, -0.2) is 33.5 Å². The van der Waals surface area contributed by atoms with Gasteiger partial charge in [-0.3, -0.25) is 4.79 Å². The van der Waals surface area contributed by atoms with E-state index in [9.17, 15) is 20.0 Å². The van der Waals surface area contributed by atoms with Crippen LogP contribution in [0.15, 0.2) is 54.7 Å². The molecule has 1 amide bonds. The molecule has 0 saturated heterocycles. The SMILES string of the molecule is N#Cc1c(C(=O)O)cccc1-c1c[nH]c([C@H](Cc2ccccc2)NC(=O)[C@H]2CC[C@H](CN)CC2)n1. The Bertz CT molecular complexity index is 1220. The number of H-pyrrole nitrogens is 1. The van der Waals surface area contributed by atoms with Gasteiger partial charge in [-0.2, -0.15) is 5.26 Å². The number of carbonyl (C=O) groups is 2. The molecule has 8 nitrogen and oxygen atoms in total. The first kappa shape index (κ1) is 24.2. The van der Waals surface area contributed by atoms with Crippen molar-refractivity contribution in [2.24, 2.45) is 17.6 Å². The van der Waals surface area contributed by atoms with Crippen LogP contribution in [0.2, 0.25) is 0 Å². The molecule has 1 atom stereocenters. The number of nitrogens with one attached hydrogen (secondary N) is 2. The Morgan fingerprint density at radius 2 is 1.89 bits per heavy atom. The van der Waals surface area contributed by atoms with E-state index in [1.54, 1.807) is 18.3 Å². The number of nitrogens with two attached hydrogens (primary N) is 1. The zero-order valence-corrected chi connectivity index (χ0v) is 19.4. The van der Waals surface area contributed by atoms with Gasteiger partial charge in [0.1, 0.15) is 11.9 Å². The van der Waals surface area contributed by atoms with Crippen LogP contribution in [0.3, 0.4) is 0 Å². The maximum absolute atomic E-state index is 13.2. The van der Waals surface area contributed by atoms with Crippen molar-refractivity contribution >= 4 is 11.9 Å². The van der Waals surface area contributed by atoms with Gasteiger partial charge < -0.3 is 21.1 Å². The highest BCUT2D eigenvalue weighted by molar-refractivity contribution is 5.93. The van der Waals surface area contributed by atoms with Gasteiger partial charge in [-0.15, -0.1) is 0 Å². The molecular weight excluding hydrogens is 442 g/mol. The molecular formula is C27H29N5O3. The van der Waals surface area contributed by atoms with Crippen molar-refractivity contribution in [3.05, 3.63) is 77.2 Å². The Balaban J connectivity index is 1.60. The highest BCUT2D eigenvalue weighted by atomic mass is 16.4. The second-order valence-electron chi connectivity index (χ2n) is 9.02. The second-order valence-corrected chi connectivity index (χ2v) is 9.02. The van der Waals surface area contributed by atoms with Gasteiger partial charge in [0, 0.05) is 17.7 Å². The lowest BCUT2D eigenvalue weighted by atomic mass is 9.81. The Morgan fingerprint density at radius 1 is 1.14 bits per heavy atom. The van der Waals surface area contributed by atoms with Crippen LogP contribution in [0.1, 0.15) is 59.0 Å². The highest BCUT2D eigenvalue weighted by Crippen LogP contribution is 2.30. The van der Waals surface area contributed by atoms with E-state index in [4.69, 9.17) is 5.73 Å². The minimum atomic E-state index is -1.17. The summed E-state index contributed by atoms with van der Waals surface area (Å²) in [7, 11) is 0. The van der Waals surface area contributed by atoms with Crippen molar-refractivity contribution in [1.29, 1.82) is 5.26 Å². The first-order valence-electron chi connectivity index (χ1n) is 11.9. The number of amides is 1. The average molecular weight is 472 g/mol. The van der Waals surface area contributed by atoms with Crippen molar-refractivity contribution in [3.63, 3.8) is 0 Å². The number of carboxylic acid groups (broad SMARTS) is 1. The fraction of sp³-hybridized carbons (Fsp3) is 0.333. The van der Waals surface area contributed by atoms with Gasteiger partial charge in [0.2, 0.25) is 5.91 Å². The summed E-state index contributed by atoms with van der Waals surface area (Å²) >= 11 is 0. The minimum Gasteiger partial charge on any atom is -0.478 e. The van der Waals surface area contributed by atoms with Crippen molar-refractivity contribution < 1.29 is 14.7 Å². The van der Waals surface area contributed by atoms with E-state index < -0.39 is 12.0 Å². The van der Waals surface area contributed by atoms with Crippen molar-refractivity contribution in [2.45, 2.75) is 38.1 Å². The van der Waals surface area contributed by atoms with Crippen LogP contribution in [0.4, 0.5) is 0 Å². The van der Waals surface area contributed by atoms with Crippen molar-refractivity contribution in [3.8, 4) is 17.3 Å². The topological polar surface area (TPSA) is 145 Å². The Kier molecular flexibility index (Phi) is 7.58. The Hall–Kier alpha value is -3.96. The van der Waals surface area contributed by atoms with Crippen LogP contribution in [0.25, 0.3) is 11.3 Å². The lowest BCUT2D eigenvalue weighted by Gasteiger charge is -2.28. The molecule has 1 aliphatic carbocycles. The Labute approximate surface area is 204 Å². The molecule has 8 heteroatoms. The Morgan fingerprint density at radius 3 is 2.54 bits per heavy atom. The zero-order chi connectivity index (χ0) is 24.8. The van der Waals surface area contributed by atoms with E-state index in [0.29, 0.717) is 36.0 Å². The predicted octanol–water partition coefficient (Wildman–Crippen LogP) is 3.81. The quantitative estimate of drug-likeness (QED) is 0.393. The molecule has 0 radical (unpaired) electrons. The number of aromatic nitrogens is 2. The van der Waals surface area contributed by atoms with Gasteiger partial charge >= 0.3 is 5.97 Å². The fourth-order valence-corrected chi connectivity index (χ4v) is 4.73. The molecule has 180 valence electrons. The number of benzene rings is 2. The summed E-state index contributed by atoms with van der Waals surface area (Å²) < 4.78 is 0. The van der Waals surface area contributed by atoms with Crippen LogP contribution >= 0.6 is 0 Å². The molecule has 0 spiro atoms. The van der Waals surface area contributed by atoms with Crippen molar-refractivity contribution in [2.75, 3.05) is 6.54 Å². The number of carbonyl (C=O) groups excluding carboxylic acids is 1. The highest BCUT2D eigenvalue weighted by Gasteiger charge is 2.28. The summed E-state index contributed by atoms with van der Waals surface area (Å²) in [5, 5.41) is 22.2. The molecule has 3 aromatic rings. The monoisotopic (exact) mass is 471 g/mol. The van der Waals surface area contributed by atoms with E-state index in [1.165, 1.54) is 6.07 Å². The summed E-state index contributed by atoms with van der Waals surface area (Å²) in [5.41, 5.74) is 7.71. The number of carboxylic acids is 1. The number of hydrogen-bond donors (Lipinski definition) is 4. The molecule has 5 N–H and O–H groups in total. The normalized spacial score (nSPS) is 18.4. The molecule has 1 fully saturated rings. The molecule has 0 bridgehead atoms. The van der Waals surface area contributed by atoms with Crippen molar-refractivity contribution in [1.82, 2.24) is 15.3 Å². The zero-order valence-electron chi connectivity index (χ0n) is 19.4. The van der Waals surface area contributed by atoms with Gasteiger partial charge in [0.05, 0.1) is 22.9 Å². The van der Waals surface area contributed by atoms with Crippen LogP contribution in [-0.2, 0) is 11.2 Å². The van der Waals surface area contributed by atoms with E-state index in [1.807, 2.05) is 36.4 Å². The number of hydrogen-bond acceptors (Lipinski definition) is 5. The lowest BCUT2D eigenvalue weighted by molar-refractivity contribution is -0.127. The fourth-order valence-electron chi connectivity index (χ4n) is 4.73. The third-order valence-electron chi connectivity index (χ3n) is 6.76. The smallest absolute Gasteiger partial charge is 0.337 e. The average Bonchev–Trinajstić information content (AvgIpc) is 3.38. The summed E-state index contributed by atoms with van der Waals surface area (Å²) in [6, 6.07) is 16.1. The maximum Gasteiger partial charge on any atom is 0.337 e. The summed E-state index contributed by atoms with van der Waals surface area (Å²) in [4.78, 5) is 32.6. The summed E-state index contributed by atoms with van der Waals surface area (Å²) in [6.45, 7) is 0.661. The molecule has 1 heterocycles. The van der Waals surface area contributed by atoms with Crippen LogP contribution < -0.4 is 11.1 Å². The maximum atomic E-state index is 13.2. The molecule has 4 rings (SSSR count). The number of rotatable bonds is 8. The third-order valence-corrected chi connectivity index (χ3v) is 6.76. The molecule has 1 aliphatic rings. The molecule has 1 saturated carbocycles. The lowest BCUT2D eigenvalue weighted by Crippen LogP contribution is -2.37.